The van der Waals surface area contributed by atoms with Crippen LogP contribution in [0.25, 0.3) is 0 Å². The number of rotatable bonds is 2. The number of hydrogen-bond acceptors (Lipinski definition) is 2. The van der Waals surface area contributed by atoms with Gasteiger partial charge in [-0.3, -0.25) is 0 Å². The zero-order valence-corrected chi connectivity index (χ0v) is 5.55. The van der Waals surface area contributed by atoms with Gasteiger partial charge in [0.15, 0.2) is 0 Å². The summed E-state index contributed by atoms with van der Waals surface area (Å²) in [4.78, 5) is 9.77. The first-order valence-corrected chi connectivity index (χ1v) is 2.64. The Balaban J connectivity index is 3.39. The molecule has 0 aromatic heterocycles. The van der Waals surface area contributed by atoms with E-state index in [9.17, 15) is 4.79 Å². The normalized spacial score (nSPS) is 11.1. The molecule has 0 radical (unpaired) electrons. The van der Waals surface area contributed by atoms with E-state index in [1.165, 1.54) is 0 Å². The molecule has 0 saturated heterocycles. The maximum absolute atomic E-state index is 9.77. The average Bonchev–Trinajstić information content (AvgIpc) is 1.83. The third-order valence-electron chi connectivity index (χ3n) is 0.916. The van der Waals surface area contributed by atoms with E-state index in [0.29, 0.717) is 0 Å². The summed E-state index contributed by atoms with van der Waals surface area (Å²) in [6.45, 7) is 3.81. The van der Waals surface area contributed by atoms with Crippen LogP contribution in [0.5, 0.6) is 0 Å². The van der Waals surface area contributed by atoms with Crippen molar-refractivity contribution in [3.8, 4) is 0 Å². The largest absolute Gasteiger partial charge is 0.506 e. The SMILES string of the molecule is C/C=C(\C)COC(=O)O. The predicted octanol–water partition coefficient (Wildman–Crippen LogP) is 1.65. The maximum atomic E-state index is 9.77. The second kappa shape index (κ2) is 3.95. The minimum Gasteiger partial charge on any atom is -0.450 e. The van der Waals surface area contributed by atoms with E-state index in [0.717, 1.165) is 5.57 Å². The van der Waals surface area contributed by atoms with Crippen molar-refractivity contribution >= 4 is 6.16 Å². The molecule has 0 amide bonds. The highest BCUT2D eigenvalue weighted by Gasteiger charge is 1.94. The topological polar surface area (TPSA) is 46.5 Å². The van der Waals surface area contributed by atoms with Crippen LogP contribution >= 0.6 is 0 Å². The Labute approximate surface area is 53.9 Å². The second-order valence-electron chi connectivity index (χ2n) is 1.69. The van der Waals surface area contributed by atoms with Gasteiger partial charge in [0.25, 0.3) is 0 Å². The number of carbonyl (C=O) groups is 1. The molecule has 1 N–H and O–H groups in total. The average molecular weight is 130 g/mol. The molecular formula is C6H10O3. The summed E-state index contributed by atoms with van der Waals surface area (Å²) in [5, 5.41) is 8.01. The van der Waals surface area contributed by atoms with E-state index in [4.69, 9.17) is 5.11 Å². The third-order valence-corrected chi connectivity index (χ3v) is 0.916. The molecule has 3 nitrogen and oxygen atoms in total. The van der Waals surface area contributed by atoms with Gasteiger partial charge in [-0.25, -0.2) is 4.79 Å². The molecule has 0 unspecified atom stereocenters. The Bertz CT molecular complexity index is 126. The molecular weight excluding hydrogens is 120 g/mol. The zero-order chi connectivity index (χ0) is 7.28. The molecule has 0 rings (SSSR count). The number of allylic oxidation sites excluding steroid dienone is 1. The molecule has 0 aliphatic rings. The highest BCUT2D eigenvalue weighted by atomic mass is 16.7. The summed E-state index contributed by atoms with van der Waals surface area (Å²) in [5.41, 5.74) is 0.914. The molecule has 0 saturated carbocycles. The van der Waals surface area contributed by atoms with Crippen LogP contribution < -0.4 is 0 Å². The number of carboxylic acid groups (broad SMARTS) is 1. The molecule has 0 aromatic carbocycles. The van der Waals surface area contributed by atoms with Crippen molar-refractivity contribution in [1.29, 1.82) is 0 Å². The van der Waals surface area contributed by atoms with Gasteiger partial charge in [-0.1, -0.05) is 6.08 Å². The Hall–Kier alpha value is -0.990. The molecule has 0 bridgehead atoms. The van der Waals surface area contributed by atoms with Crippen LogP contribution in [0.1, 0.15) is 13.8 Å². The standard InChI is InChI=1S/C6H10O3/c1-3-5(2)4-9-6(7)8/h3H,4H2,1-2H3,(H,7,8)/b5-3+. The maximum Gasteiger partial charge on any atom is 0.506 e. The summed E-state index contributed by atoms with van der Waals surface area (Å²) >= 11 is 0. The first kappa shape index (κ1) is 8.01. The van der Waals surface area contributed by atoms with Gasteiger partial charge >= 0.3 is 6.16 Å². The van der Waals surface area contributed by atoms with Crippen molar-refractivity contribution in [2.24, 2.45) is 0 Å². The number of ether oxygens (including phenoxy) is 1. The molecule has 0 aliphatic heterocycles. The minimum atomic E-state index is -1.23. The molecule has 0 aromatic rings. The van der Waals surface area contributed by atoms with Gasteiger partial charge in [-0.05, 0) is 19.4 Å². The van der Waals surface area contributed by atoms with Crippen LogP contribution in [0.3, 0.4) is 0 Å². The lowest BCUT2D eigenvalue weighted by Crippen LogP contribution is -2.01. The van der Waals surface area contributed by atoms with Gasteiger partial charge in [0, 0.05) is 0 Å². The van der Waals surface area contributed by atoms with Crippen LogP contribution in [-0.4, -0.2) is 17.9 Å². The van der Waals surface area contributed by atoms with Crippen molar-refractivity contribution < 1.29 is 14.6 Å². The third kappa shape index (κ3) is 4.87. The summed E-state index contributed by atoms with van der Waals surface area (Å²) in [7, 11) is 0. The van der Waals surface area contributed by atoms with Gasteiger partial charge < -0.3 is 9.84 Å². The van der Waals surface area contributed by atoms with E-state index in [-0.39, 0.29) is 6.61 Å². The second-order valence-corrected chi connectivity index (χ2v) is 1.69. The van der Waals surface area contributed by atoms with E-state index in [1.807, 2.05) is 19.9 Å². The Morgan fingerprint density at radius 3 is 2.67 bits per heavy atom. The molecule has 0 heterocycles. The molecule has 9 heavy (non-hydrogen) atoms. The first-order valence-electron chi connectivity index (χ1n) is 2.64. The lowest BCUT2D eigenvalue weighted by molar-refractivity contribution is 0.0996. The van der Waals surface area contributed by atoms with Gasteiger partial charge in [-0.15, -0.1) is 0 Å². The number of hydrogen-bond donors (Lipinski definition) is 1. The lowest BCUT2D eigenvalue weighted by atomic mass is 10.3. The van der Waals surface area contributed by atoms with E-state index < -0.39 is 6.16 Å². The van der Waals surface area contributed by atoms with Gasteiger partial charge in [-0.2, -0.15) is 0 Å². The molecule has 0 fully saturated rings. The molecule has 0 aliphatic carbocycles. The molecule has 52 valence electrons. The van der Waals surface area contributed by atoms with Crippen LogP contribution in [0.15, 0.2) is 11.6 Å². The summed E-state index contributed by atoms with van der Waals surface area (Å²) in [6, 6.07) is 0. The van der Waals surface area contributed by atoms with Crippen molar-refractivity contribution in [3.63, 3.8) is 0 Å². The van der Waals surface area contributed by atoms with Crippen molar-refractivity contribution in [2.75, 3.05) is 6.61 Å². The molecule has 0 spiro atoms. The Morgan fingerprint density at radius 1 is 1.78 bits per heavy atom. The highest BCUT2D eigenvalue weighted by molar-refractivity contribution is 5.57. The van der Waals surface area contributed by atoms with E-state index >= 15 is 0 Å². The fourth-order valence-corrected chi connectivity index (χ4v) is 0.259. The van der Waals surface area contributed by atoms with Crippen LogP contribution in [0, 0.1) is 0 Å². The fourth-order valence-electron chi connectivity index (χ4n) is 0.259. The van der Waals surface area contributed by atoms with Gasteiger partial charge in [0.1, 0.15) is 6.61 Å². The fraction of sp³-hybridized carbons (Fsp3) is 0.500. The monoisotopic (exact) mass is 130 g/mol. The summed E-state index contributed by atoms with van der Waals surface area (Å²) in [6.07, 6.45) is 0.583. The molecule has 0 atom stereocenters. The van der Waals surface area contributed by atoms with E-state index in [2.05, 4.69) is 4.74 Å². The lowest BCUT2D eigenvalue weighted by Gasteiger charge is -1.97. The predicted molar refractivity (Wildman–Crippen MR) is 33.4 cm³/mol. The van der Waals surface area contributed by atoms with Crippen molar-refractivity contribution in [3.05, 3.63) is 11.6 Å². The Kier molecular flexibility index (Phi) is 3.51. The van der Waals surface area contributed by atoms with Gasteiger partial charge in [0.2, 0.25) is 0 Å². The highest BCUT2D eigenvalue weighted by Crippen LogP contribution is 1.91. The van der Waals surface area contributed by atoms with Crippen molar-refractivity contribution in [1.82, 2.24) is 0 Å². The smallest absolute Gasteiger partial charge is 0.450 e. The Morgan fingerprint density at radius 2 is 2.33 bits per heavy atom. The van der Waals surface area contributed by atoms with Crippen molar-refractivity contribution in [2.45, 2.75) is 13.8 Å². The first-order chi connectivity index (χ1) is 4.16. The minimum absolute atomic E-state index is 0.172. The molecule has 3 heteroatoms. The van der Waals surface area contributed by atoms with E-state index in [1.54, 1.807) is 0 Å². The van der Waals surface area contributed by atoms with Gasteiger partial charge in [0.05, 0.1) is 0 Å². The van der Waals surface area contributed by atoms with Crippen LogP contribution in [0.2, 0.25) is 0 Å². The summed E-state index contributed by atoms with van der Waals surface area (Å²) in [5.74, 6) is 0. The zero-order valence-electron chi connectivity index (χ0n) is 5.55. The summed E-state index contributed by atoms with van der Waals surface area (Å²) < 4.78 is 4.24. The quantitative estimate of drug-likeness (QED) is 0.456. The van der Waals surface area contributed by atoms with Crippen LogP contribution in [0.4, 0.5) is 4.79 Å². The van der Waals surface area contributed by atoms with Crippen LogP contribution in [-0.2, 0) is 4.74 Å².